The Morgan fingerprint density at radius 1 is 1.25 bits per heavy atom. The Bertz CT molecular complexity index is 524. The lowest BCUT2D eigenvalue weighted by Crippen LogP contribution is -2.17. The Labute approximate surface area is 123 Å². The van der Waals surface area contributed by atoms with Crippen molar-refractivity contribution in [3.8, 4) is 0 Å². The van der Waals surface area contributed by atoms with E-state index in [1.807, 2.05) is 11.8 Å². The second-order valence-electron chi connectivity index (χ2n) is 5.66. The summed E-state index contributed by atoms with van der Waals surface area (Å²) < 4.78 is 0. The molecule has 1 saturated carbocycles. The van der Waals surface area contributed by atoms with Crippen molar-refractivity contribution in [2.45, 2.75) is 61.6 Å². The average Bonchev–Trinajstić information content (AvgIpc) is 2.94. The van der Waals surface area contributed by atoms with Crippen LogP contribution in [-0.2, 0) is 12.8 Å². The summed E-state index contributed by atoms with van der Waals surface area (Å²) in [5, 5.41) is 13.7. The Morgan fingerprint density at radius 3 is 2.80 bits per heavy atom. The minimum atomic E-state index is 0.186. The fraction of sp³-hybridized carbons (Fsp3) is 0.600. The van der Waals surface area contributed by atoms with Gasteiger partial charge in [0.15, 0.2) is 5.84 Å². The highest BCUT2D eigenvalue weighted by Crippen LogP contribution is 2.36. The van der Waals surface area contributed by atoms with Crippen LogP contribution in [0, 0.1) is 0 Å². The van der Waals surface area contributed by atoms with Crippen LogP contribution in [0.3, 0.4) is 0 Å². The van der Waals surface area contributed by atoms with E-state index in [-0.39, 0.29) is 5.84 Å². The molecule has 20 heavy (non-hydrogen) atoms. The molecular formula is C15H21N3OS. The standard InChI is InChI=1S/C15H21N3OS/c16-14(18-19)12-9-10-5-4-8-13(10)17-15(12)20-11-6-2-1-3-7-11/h9,11,19H,1-8H2,(H2,16,18). The van der Waals surface area contributed by atoms with E-state index in [4.69, 9.17) is 15.9 Å². The van der Waals surface area contributed by atoms with E-state index < -0.39 is 0 Å². The molecule has 1 aromatic rings. The molecule has 108 valence electrons. The van der Waals surface area contributed by atoms with Crippen molar-refractivity contribution < 1.29 is 5.21 Å². The third kappa shape index (κ3) is 2.77. The molecule has 0 radical (unpaired) electrons. The van der Waals surface area contributed by atoms with Gasteiger partial charge in [0.1, 0.15) is 5.03 Å². The highest BCUT2D eigenvalue weighted by molar-refractivity contribution is 7.99. The second kappa shape index (κ2) is 6.04. The quantitative estimate of drug-likeness (QED) is 0.388. The summed E-state index contributed by atoms with van der Waals surface area (Å²) in [6.07, 6.45) is 9.74. The number of hydrogen-bond donors (Lipinski definition) is 2. The largest absolute Gasteiger partial charge is 0.409 e. The van der Waals surface area contributed by atoms with Gasteiger partial charge in [-0.25, -0.2) is 4.98 Å². The fourth-order valence-electron chi connectivity index (χ4n) is 3.12. The van der Waals surface area contributed by atoms with Crippen LogP contribution in [0.4, 0.5) is 0 Å². The van der Waals surface area contributed by atoms with Gasteiger partial charge in [0, 0.05) is 10.9 Å². The number of nitrogens with two attached hydrogens (primary N) is 1. The van der Waals surface area contributed by atoms with Gasteiger partial charge < -0.3 is 10.9 Å². The number of oxime groups is 1. The number of thioether (sulfide) groups is 1. The highest BCUT2D eigenvalue weighted by Gasteiger charge is 2.22. The molecule has 1 fully saturated rings. The van der Waals surface area contributed by atoms with E-state index in [2.05, 4.69) is 11.2 Å². The summed E-state index contributed by atoms with van der Waals surface area (Å²) in [4.78, 5) is 4.81. The van der Waals surface area contributed by atoms with E-state index in [1.165, 1.54) is 43.4 Å². The lowest BCUT2D eigenvalue weighted by Gasteiger charge is -2.21. The van der Waals surface area contributed by atoms with Crippen molar-refractivity contribution in [1.82, 2.24) is 4.98 Å². The monoisotopic (exact) mass is 291 g/mol. The summed E-state index contributed by atoms with van der Waals surface area (Å²) in [5.41, 5.74) is 9.12. The lowest BCUT2D eigenvalue weighted by atomic mass is 10.0. The average molecular weight is 291 g/mol. The number of aryl methyl sites for hydroxylation is 2. The number of rotatable bonds is 3. The Balaban J connectivity index is 1.90. The fourth-order valence-corrected chi connectivity index (χ4v) is 4.46. The number of fused-ring (bicyclic) bond motifs is 1. The van der Waals surface area contributed by atoms with Gasteiger partial charge in [-0.05, 0) is 43.7 Å². The van der Waals surface area contributed by atoms with Gasteiger partial charge in [0.2, 0.25) is 0 Å². The number of amidine groups is 1. The van der Waals surface area contributed by atoms with E-state index >= 15 is 0 Å². The van der Waals surface area contributed by atoms with Crippen molar-refractivity contribution >= 4 is 17.6 Å². The van der Waals surface area contributed by atoms with Gasteiger partial charge in [0.25, 0.3) is 0 Å². The first-order valence-corrected chi connectivity index (χ1v) is 8.33. The molecule has 0 bridgehead atoms. The lowest BCUT2D eigenvalue weighted by molar-refractivity contribution is 0.318. The molecule has 4 nitrogen and oxygen atoms in total. The van der Waals surface area contributed by atoms with Crippen LogP contribution >= 0.6 is 11.8 Å². The first-order valence-electron chi connectivity index (χ1n) is 7.45. The highest BCUT2D eigenvalue weighted by atomic mass is 32.2. The zero-order chi connectivity index (χ0) is 13.9. The van der Waals surface area contributed by atoms with E-state index in [9.17, 15) is 0 Å². The summed E-state index contributed by atoms with van der Waals surface area (Å²) in [7, 11) is 0. The molecule has 3 rings (SSSR count). The van der Waals surface area contributed by atoms with Crippen LogP contribution in [0.15, 0.2) is 16.2 Å². The summed E-state index contributed by atoms with van der Waals surface area (Å²) in [5.74, 6) is 0.186. The molecule has 1 aromatic heterocycles. The Kier molecular flexibility index (Phi) is 4.15. The van der Waals surface area contributed by atoms with Crippen LogP contribution in [0.1, 0.15) is 55.3 Å². The maximum Gasteiger partial charge on any atom is 0.172 e. The molecule has 0 aliphatic heterocycles. The molecule has 0 atom stereocenters. The van der Waals surface area contributed by atoms with Crippen LogP contribution in [-0.4, -0.2) is 21.3 Å². The molecular weight excluding hydrogens is 270 g/mol. The van der Waals surface area contributed by atoms with Gasteiger partial charge >= 0.3 is 0 Å². The zero-order valence-corrected chi connectivity index (χ0v) is 12.5. The molecule has 0 saturated heterocycles. The van der Waals surface area contributed by atoms with Gasteiger partial charge in [0.05, 0.1) is 5.56 Å². The smallest absolute Gasteiger partial charge is 0.172 e. The number of aromatic nitrogens is 1. The summed E-state index contributed by atoms with van der Waals surface area (Å²) in [6, 6.07) is 2.08. The first-order chi connectivity index (χ1) is 9.78. The number of hydrogen-bond acceptors (Lipinski definition) is 4. The topological polar surface area (TPSA) is 71.5 Å². The molecule has 0 aromatic carbocycles. The summed E-state index contributed by atoms with van der Waals surface area (Å²) in [6.45, 7) is 0. The Hall–Kier alpha value is -1.23. The van der Waals surface area contributed by atoms with Crippen molar-refractivity contribution in [3.63, 3.8) is 0 Å². The molecule has 2 aliphatic carbocycles. The third-order valence-corrected chi connectivity index (χ3v) is 5.57. The maximum absolute atomic E-state index is 8.99. The van der Waals surface area contributed by atoms with E-state index in [1.54, 1.807) is 0 Å². The van der Waals surface area contributed by atoms with Crippen molar-refractivity contribution in [3.05, 3.63) is 22.9 Å². The van der Waals surface area contributed by atoms with Gasteiger partial charge in [-0.2, -0.15) is 0 Å². The molecule has 3 N–H and O–H groups in total. The van der Waals surface area contributed by atoms with Gasteiger partial charge in [-0.3, -0.25) is 0 Å². The minimum absolute atomic E-state index is 0.186. The molecule has 0 amide bonds. The molecule has 5 heteroatoms. The van der Waals surface area contributed by atoms with Gasteiger partial charge in [-0.1, -0.05) is 24.4 Å². The molecule has 2 aliphatic rings. The maximum atomic E-state index is 8.99. The van der Waals surface area contributed by atoms with Gasteiger partial charge in [-0.15, -0.1) is 11.8 Å². The van der Waals surface area contributed by atoms with Crippen LogP contribution in [0.2, 0.25) is 0 Å². The minimum Gasteiger partial charge on any atom is -0.409 e. The SMILES string of the molecule is NC(=NO)c1cc2c(nc1SC1CCCCC1)CCC2. The van der Waals surface area contributed by atoms with E-state index in [0.29, 0.717) is 5.25 Å². The van der Waals surface area contributed by atoms with Crippen molar-refractivity contribution in [1.29, 1.82) is 0 Å². The molecule has 0 spiro atoms. The molecule has 1 heterocycles. The second-order valence-corrected chi connectivity index (χ2v) is 6.95. The van der Waals surface area contributed by atoms with Crippen LogP contribution in [0.5, 0.6) is 0 Å². The van der Waals surface area contributed by atoms with Crippen molar-refractivity contribution in [2.24, 2.45) is 10.9 Å². The predicted molar refractivity (Wildman–Crippen MR) is 81.5 cm³/mol. The third-order valence-electron chi connectivity index (χ3n) is 4.23. The number of pyridine rings is 1. The van der Waals surface area contributed by atoms with Crippen LogP contribution in [0.25, 0.3) is 0 Å². The summed E-state index contributed by atoms with van der Waals surface area (Å²) >= 11 is 1.82. The first kappa shape index (κ1) is 13.7. The zero-order valence-electron chi connectivity index (χ0n) is 11.6. The Morgan fingerprint density at radius 2 is 2.05 bits per heavy atom. The van der Waals surface area contributed by atoms with E-state index in [0.717, 1.165) is 29.9 Å². The molecule has 0 unspecified atom stereocenters. The number of nitrogens with zero attached hydrogens (tertiary/aromatic N) is 2. The predicted octanol–water partition coefficient (Wildman–Crippen LogP) is 3.09. The van der Waals surface area contributed by atoms with Crippen molar-refractivity contribution in [2.75, 3.05) is 0 Å². The normalized spacial score (nSPS) is 20.1. The van der Waals surface area contributed by atoms with Crippen LogP contribution < -0.4 is 5.73 Å².